The van der Waals surface area contributed by atoms with Crippen molar-refractivity contribution in [1.29, 1.82) is 0 Å². The van der Waals surface area contributed by atoms with Gasteiger partial charge in [0.25, 0.3) is 0 Å². The van der Waals surface area contributed by atoms with Crippen LogP contribution in [0.1, 0.15) is 60.3 Å². The lowest BCUT2D eigenvalue weighted by atomic mass is 9.68. The molecule has 3 nitrogen and oxygen atoms in total. The van der Waals surface area contributed by atoms with Crippen molar-refractivity contribution in [3.63, 3.8) is 0 Å². The second-order valence-corrected chi connectivity index (χ2v) is 7.30. The van der Waals surface area contributed by atoms with Gasteiger partial charge in [-0.15, -0.1) is 0 Å². The fourth-order valence-corrected chi connectivity index (χ4v) is 3.20. The molecule has 1 aliphatic rings. The van der Waals surface area contributed by atoms with Crippen molar-refractivity contribution in [2.45, 2.75) is 72.4 Å². The molecule has 3 heteroatoms. The Morgan fingerprint density at radius 1 is 1.16 bits per heavy atom. The number of esters is 1. The first kappa shape index (κ1) is 16.5. The Balaban J connectivity index is 2.61. The van der Waals surface area contributed by atoms with E-state index in [2.05, 4.69) is 39.9 Å². The number of rotatable bonds is 4. The molecule has 0 radical (unpaired) electrons. The summed E-state index contributed by atoms with van der Waals surface area (Å²) in [6, 6.07) is 0.176. The minimum absolute atomic E-state index is 0.104. The molecular weight excluding hydrogens is 238 g/mol. The maximum Gasteiger partial charge on any atom is 0.323 e. The van der Waals surface area contributed by atoms with Crippen LogP contribution in [0.15, 0.2) is 0 Å². The fourth-order valence-electron chi connectivity index (χ4n) is 3.20. The molecule has 1 rings (SSSR count). The lowest BCUT2D eigenvalue weighted by Crippen LogP contribution is -2.48. The monoisotopic (exact) mass is 269 g/mol. The van der Waals surface area contributed by atoms with E-state index in [-0.39, 0.29) is 12.0 Å². The van der Waals surface area contributed by atoms with Gasteiger partial charge in [-0.2, -0.15) is 0 Å². The van der Waals surface area contributed by atoms with Crippen LogP contribution in [0.5, 0.6) is 0 Å². The molecule has 0 heterocycles. The number of hydrogen-bond acceptors (Lipinski definition) is 3. The largest absolute Gasteiger partial charge is 0.468 e. The molecule has 1 N–H and O–H groups in total. The molecule has 1 atom stereocenters. The van der Waals surface area contributed by atoms with Gasteiger partial charge < -0.3 is 10.1 Å². The normalized spacial score (nSPS) is 26.3. The van der Waals surface area contributed by atoms with Crippen molar-refractivity contribution in [2.75, 3.05) is 7.11 Å². The third-order valence-electron chi connectivity index (χ3n) is 4.44. The summed E-state index contributed by atoms with van der Waals surface area (Å²) in [5.74, 6) is 1.10. The van der Waals surface area contributed by atoms with Crippen molar-refractivity contribution in [3.05, 3.63) is 0 Å². The molecule has 0 bridgehead atoms. The lowest BCUT2D eigenvalue weighted by Gasteiger charge is -2.39. The molecule has 0 aromatic heterocycles. The van der Waals surface area contributed by atoms with Crippen molar-refractivity contribution in [3.8, 4) is 0 Å². The summed E-state index contributed by atoms with van der Waals surface area (Å²) in [6.45, 7) is 11.1. The first-order valence-corrected chi connectivity index (χ1v) is 7.59. The van der Waals surface area contributed by atoms with Crippen LogP contribution in [0.2, 0.25) is 0 Å². The summed E-state index contributed by atoms with van der Waals surface area (Å²) < 4.78 is 4.96. The minimum atomic E-state index is -0.133. The van der Waals surface area contributed by atoms with E-state index < -0.39 is 0 Å². The van der Waals surface area contributed by atoms with Crippen molar-refractivity contribution in [2.24, 2.45) is 17.3 Å². The topological polar surface area (TPSA) is 38.3 Å². The van der Waals surface area contributed by atoms with Gasteiger partial charge in [-0.3, -0.25) is 4.79 Å². The standard InChI is InChI=1S/C16H31NO2/c1-11(2)17-14(15(18)19-6)12-7-9-13(10-8-12)16(3,4)5/h11-14,17H,7-10H2,1-6H3. The zero-order chi connectivity index (χ0) is 14.6. The second-order valence-electron chi connectivity index (χ2n) is 7.30. The number of nitrogens with one attached hydrogen (secondary N) is 1. The maximum absolute atomic E-state index is 11.9. The molecule has 0 spiro atoms. The predicted molar refractivity (Wildman–Crippen MR) is 79.0 cm³/mol. The van der Waals surface area contributed by atoms with Gasteiger partial charge in [-0.05, 0) is 42.9 Å². The summed E-state index contributed by atoms with van der Waals surface area (Å²) in [4.78, 5) is 11.9. The third-order valence-corrected chi connectivity index (χ3v) is 4.44. The van der Waals surface area contributed by atoms with Crippen LogP contribution in [-0.2, 0) is 9.53 Å². The van der Waals surface area contributed by atoms with Gasteiger partial charge in [0, 0.05) is 6.04 Å². The summed E-state index contributed by atoms with van der Waals surface area (Å²) in [6.07, 6.45) is 4.70. The van der Waals surface area contributed by atoms with Crippen molar-refractivity contribution >= 4 is 5.97 Å². The number of ether oxygens (including phenoxy) is 1. The van der Waals surface area contributed by atoms with E-state index in [1.54, 1.807) is 0 Å². The molecule has 1 unspecified atom stereocenters. The highest BCUT2D eigenvalue weighted by atomic mass is 16.5. The van der Waals surface area contributed by atoms with Gasteiger partial charge in [-0.25, -0.2) is 0 Å². The van der Waals surface area contributed by atoms with Crippen LogP contribution >= 0.6 is 0 Å². The zero-order valence-electron chi connectivity index (χ0n) is 13.5. The maximum atomic E-state index is 11.9. The van der Waals surface area contributed by atoms with Gasteiger partial charge in [0.15, 0.2) is 0 Å². The van der Waals surface area contributed by atoms with E-state index in [1.807, 2.05) is 0 Å². The summed E-state index contributed by atoms with van der Waals surface area (Å²) >= 11 is 0. The number of hydrogen-bond donors (Lipinski definition) is 1. The van der Waals surface area contributed by atoms with Crippen molar-refractivity contribution < 1.29 is 9.53 Å². The highest BCUT2D eigenvalue weighted by Gasteiger charge is 2.36. The Morgan fingerprint density at radius 2 is 1.68 bits per heavy atom. The van der Waals surface area contributed by atoms with E-state index in [0.717, 1.165) is 18.8 Å². The quantitative estimate of drug-likeness (QED) is 0.795. The first-order chi connectivity index (χ1) is 8.75. The number of methoxy groups -OCH3 is 1. The van der Waals surface area contributed by atoms with Gasteiger partial charge in [0.05, 0.1) is 7.11 Å². The van der Waals surface area contributed by atoms with Crippen LogP contribution in [0.25, 0.3) is 0 Å². The Bertz CT molecular complexity index is 286. The molecular formula is C16H31NO2. The van der Waals surface area contributed by atoms with Gasteiger partial charge in [-0.1, -0.05) is 34.6 Å². The SMILES string of the molecule is COC(=O)C(NC(C)C)C1CCC(C(C)(C)C)CC1. The molecule has 0 aromatic rings. The van der Waals surface area contributed by atoms with Crippen LogP contribution in [0.3, 0.4) is 0 Å². The molecule has 1 fully saturated rings. The predicted octanol–water partition coefficient (Wildman–Crippen LogP) is 3.38. The third kappa shape index (κ3) is 4.79. The van der Waals surface area contributed by atoms with Gasteiger partial charge in [0.1, 0.15) is 6.04 Å². The van der Waals surface area contributed by atoms with Gasteiger partial charge >= 0.3 is 5.97 Å². The molecule has 0 saturated heterocycles. The highest BCUT2D eigenvalue weighted by molar-refractivity contribution is 5.76. The average Bonchev–Trinajstić information content (AvgIpc) is 2.34. The molecule has 112 valence electrons. The molecule has 19 heavy (non-hydrogen) atoms. The van der Waals surface area contributed by atoms with Gasteiger partial charge in [0.2, 0.25) is 0 Å². The lowest BCUT2D eigenvalue weighted by molar-refractivity contribution is -0.145. The molecule has 0 aromatic carbocycles. The average molecular weight is 269 g/mol. The fraction of sp³-hybridized carbons (Fsp3) is 0.938. The van der Waals surface area contributed by atoms with Crippen LogP contribution in [0, 0.1) is 17.3 Å². The summed E-state index contributed by atoms with van der Waals surface area (Å²) in [5, 5.41) is 3.38. The van der Waals surface area contributed by atoms with Crippen molar-refractivity contribution in [1.82, 2.24) is 5.32 Å². The van der Waals surface area contributed by atoms with Crippen LogP contribution in [0.4, 0.5) is 0 Å². The Morgan fingerprint density at radius 3 is 2.05 bits per heavy atom. The highest BCUT2D eigenvalue weighted by Crippen LogP contribution is 2.40. The number of carbonyl (C=O) groups excluding carboxylic acids is 1. The van der Waals surface area contributed by atoms with Crippen LogP contribution < -0.4 is 5.32 Å². The minimum Gasteiger partial charge on any atom is -0.468 e. The van der Waals surface area contributed by atoms with E-state index in [1.165, 1.54) is 20.0 Å². The Labute approximate surface area is 118 Å². The molecule has 1 aliphatic carbocycles. The Kier molecular flexibility index (Phi) is 5.84. The second kappa shape index (κ2) is 6.74. The summed E-state index contributed by atoms with van der Waals surface area (Å²) in [7, 11) is 1.48. The zero-order valence-corrected chi connectivity index (χ0v) is 13.5. The first-order valence-electron chi connectivity index (χ1n) is 7.59. The smallest absolute Gasteiger partial charge is 0.323 e. The number of carbonyl (C=O) groups is 1. The van der Waals surface area contributed by atoms with E-state index >= 15 is 0 Å². The Hall–Kier alpha value is -0.570. The van der Waals surface area contributed by atoms with Crippen LogP contribution in [-0.4, -0.2) is 25.2 Å². The summed E-state index contributed by atoms with van der Waals surface area (Å²) in [5.41, 5.74) is 0.386. The van der Waals surface area contributed by atoms with E-state index in [9.17, 15) is 4.79 Å². The molecule has 1 saturated carbocycles. The molecule has 0 amide bonds. The molecule has 0 aliphatic heterocycles. The van der Waals surface area contributed by atoms with E-state index in [0.29, 0.717) is 17.4 Å². The van der Waals surface area contributed by atoms with E-state index in [4.69, 9.17) is 4.74 Å².